The second-order valence-electron chi connectivity index (χ2n) is 8.03. The molecule has 0 saturated carbocycles. The van der Waals surface area contributed by atoms with E-state index in [2.05, 4.69) is 15.5 Å². The van der Waals surface area contributed by atoms with Crippen molar-refractivity contribution in [1.29, 1.82) is 0 Å². The zero-order chi connectivity index (χ0) is 19.3. The standard InChI is InChI=1S/C19H32N4O4/c1-14(2)20-18(24)23-8-6-19(7-9-23)13-15(4-11-26-19)12-17-21-16(22-27-17)5-10-25-3/h14-15H,4-13H2,1-3H3,(H,20,24). The van der Waals surface area contributed by atoms with Gasteiger partial charge in [0.15, 0.2) is 5.82 Å². The van der Waals surface area contributed by atoms with Gasteiger partial charge in [0.2, 0.25) is 5.89 Å². The second-order valence-corrected chi connectivity index (χ2v) is 8.03. The summed E-state index contributed by atoms with van der Waals surface area (Å²) < 4.78 is 16.7. The minimum absolute atomic E-state index is 0.0293. The Labute approximate surface area is 161 Å². The Bertz CT molecular complexity index is 611. The van der Waals surface area contributed by atoms with E-state index in [1.165, 1.54) is 0 Å². The SMILES string of the molecule is COCCc1noc(CC2CCOC3(CCN(C(=O)NC(C)C)CC3)C2)n1. The summed E-state index contributed by atoms with van der Waals surface area (Å²) in [7, 11) is 1.67. The average molecular weight is 380 g/mol. The highest BCUT2D eigenvalue weighted by Crippen LogP contribution is 2.38. The molecule has 1 N–H and O–H groups in total. The molecule has 0 bridgehead atoms. The van der Waals surface area contributed by atoms with Crippen molar-refractivity contribution < 1.29 is 18.8 Å². The molecule has 1 spiro atoms. The number of aromatic nitrogens is 2. The molecule has 2 amide bonds. The summed E-state index contributed by atoms with van der Waals surface area (Å²) in [6, 6.07) is 0.188. The third-order valence-electron chi connectivity index (χ3n) is 5.47. The number of likely N-dealkylation sites (tertiary alicyclic amines) is 1. The van der Waals surface area contributed by atoms with Gasteiger partial charge in [-0.2, -0.15) is 4.98 Å². The van der Waals surface area contributed by atoms with Crippen molar-refractivity contribution in [3.8, 4) is 0 Å². The first-order valence-electron chi connectivity index (χ1n) is 9.99. The fraction of sp³-hybridized carbons (Fsp3) is 0.842. The van der Waals surface area contributed by atoms with Crippen LogP contribution >= 0.6 is 0 Å². The molecule has 0 aromatic carbocycles. The number of carbonyl (C=O) groups excluding carboxylic acids is 1. The Balaban J connectivity index is 1.51. The first kappa shape index (κ1) is 20.1. The molecular formula is C19H32N4O4. The Morgan fingerprint density at radius 2 is 2.19 bits per heavy atom. The second kappa shape index (κ2) is 9.01. The van der Waals surface area contributed by atoms with Crippen molar-refractivity contribution in [3.63, 3.8) is 0 Å². The van der Waals surface area contributed by atoms with Crippen LogP contribution in [-0.2, 0) is 22.3 Å². The number of hydrogen-bond acceptors (Lipinski definition) is 6. The van der Waals surface area contributed by atoms with Gasteiger partial charge in [-0.15, -0.1) is 0 Å². The zero-order valence-corrected chi connectivity index (χ0v) is 16.7. The lowest BCUT2D eigenvalue weighted by Crippen LogP contribution is -2.53. The summed E-state index contributed by atoms with van der Waals surface area (Å²) in [4.78, 5) is 18.6. The van der Waals surface area contributed by atoms with Gasteiger partial charge in [-0.1, -0.05) is 5.16 Å². The van der Waals surface area contributed by atoms with E-state index < -0.39 is 0 Å². The van der Waals surface area contributed by atoms with E-state index in [1.807, 2.05) is 18.7 Å². The summed E-state index contributed by atoms with van der Waals surface area (Å²) in [6.45, 7) is 6.81. The van der Waals surface area contributed by atoms with Crippen molar-refractivity contribution in [3.05, 3.63) is 11.7 Å². The number of carbonyl (C=O) groups is 1. The van der Waals surface area contributed by atoms with Crippen molar-refractivity contribution in [1.82, 2.24) is 20.4 Å². The molecule has 1 aromatic rings. The number of ether oxygens (including phenoxy) is 2. The van der Waals surface area contributed by atoms with Gasteiger partial charge in [0.25, 0.3) is 0 Å². The zero-order valence-electron chi connectivity index (χ0n) is 16.7. The number of nitrogens with one attached hydrogen (secondary N) is 1. The summed E-state index contributed by atoms with van der Waals surface area (Å²) in [6.07, 6.45) is 5.24. The Hall–Kier alpha value is -1.67. The maximum absolute atomic E-state index is 12.2. The lowest BCUT2D eigenvalue weighted by molar-refractivity contribution is -0.123. The number of methoxy groups -OCH3 is 1. The maximum atomic E-state index is 12.2. The number of piperidine rings is 1. The summed E-state index contributed by atoms with van der Waals surface area (Å²) >= 11 is 0. The highest BCUT2D eigenvalue weighted by atomic mass is 16.5. The van der Waals surface area contributed by atoms with Crippen LogP contribution in [0.4, 0.5) is 4.79 Å². The van der Waals surface area contributed by atoms with E-state index in [9.17, 15) is 4.79 Å². The summed E-state index contributed by atoms with van der Waals surface area (Å²) in [5.41, 5.74) is -0.115. The van der Waals surface area contributed by atoms with Gasteiger partial charge in [-0.05, 0) is 45.4 Å². The lowest BCUT2D eigenvalue weighted by Gasteiger charge is -2.46. The molecule has 2 saturated heterocycles. The molecule has 2 aliphatic heterocycles. The summed E-state index contributed by atoms with van der Waals surface area (Å²) in [5.74, 6) is 1.89. The molecule has 8 heteroatoms. The highest BCUT2D eigenvalue weighted by Gasteiger charge is 2.41. The van der Waals surface area contributed by atoms with E-state index in [1.54, 1.807) is 7.11 Å². The lowest BCUT2D eigenvalue weighted by atomic mass is 9.78. The van der Waals surface area contributed by atoms with Crippen molar-refractivity contribution in [2.45, 2.75) is 64.0 Å². The van der Waals surface area contributed by atoms with Gasteiger partial charge in [0.05, 0.1) is 12.2 Å². The molecule has 2 aliphatic rings. The Morgan fingerprint density at radius 3 is 2.89 bits per heavy atom. The number of amides is 2. The normalized spacial score (nSPS) is 22.4. The molecule has 27 heavy (non-hydrogen) atoms. The van der Waals surface area contributed by atoms with Crippen LogP contribution in [0.1, 0.15) is 51.2 Å². The van der Waals surface area contributed by atoms with Crippen LogP contribution < -0.4 is 5.32 Å². The molecule has 0 radical (unpaired) electrons. The first-order valence-corrected chi connectivity index (χ1v) is 9.99. The predicted molar refractivity (Wildman–Crippen MR) is 99.5 cm³/mol. The van der Waals surface area contributed by atoms with Gasteiger partial charge >= 0.3 is 6.03 Å². The van der Waals surface area contributed by atoms with Crippen molar-refractivity contribution in [2.24, 2.45) is 5.92 Å². The van der Waals surface area contributed by atoms with Crippen LogP contribution in [0.2, 0.25) is 0 Å². The molecule has 1 atom stereocenters. The van der Waals surface area contributed by atoms with E-state index in [0.29, 0.717) is 30.7 Å². The third kappa shape index (κ3) is 5.42. The van der Waals surface area contributed by atoms with Gasteiger partial charge in [0, 0.05) is 45.7 Å². The quantitative estimate of drug-likeness (QED) is 0.814. The fourth-order valence-corrected chi connectivity index (χ4v) is 4.02. The highest BCUT2D eigenvalue weighted by molar-refractivity contribution is 5.74. The van der Waals surface area contributed by atoms with Crippen LogP contribution in [0.5, 0.6) is 0 Å². The van der Waals surface area contributed by atoms with E-state index >= 15 is 0 Å². The molecule has 2 fully saturated rings. The molecule has 3 rings (SSSR count). The number of urea groups is 1. The number of rotatable bonds is 6. The van der Waals surface area contributed by atoms with Crippen molar-refractivity contribution >= 4 is 6.03 Å². The number of nitrogens with zero attached hydrogens (tertiary/aromatic N) is 3. The van der Waals surface area contributed by atoms with E-state index in [-0.39, 0.29) is 17.7 Å². The molecule has 3 heterocycles. The van der Waals surface area contributed by atoms with Gasteiger partial charge in [0.1, 0.15) is 0 Å². The van der Waals surface area contributed by atoms with Crippen LogP contribution in [0.15, 0.2) is 4.52 Å². The minimum Gasteiger partial charge on any atom is -0.384 e. The van der Waals surface area contributed by atoms with Crippen LogP contribution in [0, 0.1) is 5.92 Å². The van der Waals surface area contributed by atoms with Crippen LogP contribution in [-0.4, -0.2) is 66.1 Å². The minimum atomic E-state index is -0.115. The third-order valence-corrected chi connectivity index (χ3v) is 5.47. The van der Waals surface area contributed by atoms with E-state index in [0.717, 1.165) is 51.8 Å². The number of hydrogen-bond donors (Lipinski definition) is 1. The Morgan fingerprint density at radius 1 is 1.41 bits per heavy atom. The summed E-state index contributed by atoms with van der Waals surface area (Å²) in [5, 5.41) is 7.00. The fourth-order valence-electron chi connectivity index (χ4n) is 4.02. The predicted octanol–water partition coefficient (Wildman–Crippen LogP) is 2.18. The topological polar surface area (TPSA) is 89.7 Å². The van der Waals surface area contributed by atoms with Gasteiger partial charge in [-0.25, -0.2) is 4.79 Å². The first-order chi connectivity index (χ1) is 13.0. The van der Waals surface area contributed by atoms with Gasteiger partial charge in [-0.3, -0.25) is 0 Å². The van der Waals surface area contributed by atoms with Crippen LogP contribution in [0.3, 0.4) is 0 Å². The Kier molecular flexibility index (Phi) is 6.70. The molecule has 1 unspecified atom stereocenters. The molecule has 152 valence electrons. The smallest absolute Gasteiger partial charge is 0.317 e. The molecular weight excluding hydrogens is 348 g/mol. The monoisotopic (exact) mass is 380 g/mol. The molecule has 0 aliphatic carbocycles. The largest absolute Gasteiger partial charge is 0.384 e. The van der Waals surface area contributed by atoms with Gasteiger partial charge < -0.3 is 24.2 Å². The molecule has 8 nitrogen and oxygen atoms in total. The van der Waals surface area contributed by atoms with E-state index in [4.69, 9.17) is 14.0 Å². The van der Waals surface area contributed by atoms with Crippen LogP contribution in [0.25, 0.3) is 0 Å². The molecule has 1 aromatic heterocycles. The maximum Gasteiger partial charge on any atom is 0.317 e. The van der Waals surface area contributed by atoms with Crippen molar-refractivity contribution in [2.75, 3.05) is 33.4 Å². The average Bonchev–Trinajstić information content (AvgIpc) is 3.07.